The monoisotopic (exact) mass is 440 g/mol. The molecule has 0 saturated heterocycles. The average Bonchev–Trinajstić information content (AvgIpc) is 2.37. The fraction of sp³-hybridized carbons (Fsp3) is 1.00. The molecule has 1 atom stereocenters. The maximum atomic E-state index is 9.48. The molecule has 6 nitrogen and oxygen atoms in total. The smallest absolute Gasteiger partial charge is 0.314 e. The van der Waals surface area contributed by atoms with E-state index in [0.717, 1.165) is 12.5 Å². The van der Waals surface area contributed by atoms with Crippen molar-refractivity contribution in [3.8, 4) is 0 Å². The van der Waals surface area contributed by atoms with Crippen LogP contribution in [0.4, 0.5) is 0 Å². The third-order valence-corrected chi connectivity index (χ3v) is 12.9. The normalized spacial score (nSPS) is 15.2. The highest BCUT2D eigenvalue weighted by Crippen LogP contribution is 2.25. The van der Waals surface area contributed by atoms with Crippen molar-refractivity contribution >= 4 is 25.2 Å². The molecule has 27 heavy (non-hydrogen) atoms. The molecule has 0 aromatic carbocycles. The maximum Gasteiger partial charge on any atom is 0.314 e. The standard InChI is InChI=1S/C18H44O6Si3/c1-17(21-13-14-22-18(2,3)19)16-20-12-11-15-27(10,23-25(4,5)6)24-26(7,8)9/h17,19H,11-16H2,1-10H3. The second-order valence-electron chi connectivity index (χ2n) is 9.72. The fourth-order valence-corrected chi connectivity index (χ4v) is 15.3. The minimum atomic E-state index is -2.17. The summed E-state index contributed by atoms with van der Waals surface area (Å²) in [5.41, 5.74) is 0. The largest absolute Gasteiger partial charge is 0.437 e. The van der Waals surface area contributed by atoms with Gasteiger partial charge in [0.15, 0.2) is 22.4 Å². The first-order valence-electron chi connectivity index (χ1n) is 9.97. The number of ether oxygens (including phenoxy) is 3. The van der Waals surface area contributed by atoms with Crippen molar-refractivity contribution in [2.45, 2.75) is 91.0 Å². The van der Waals surface area contributed by atoms with Gasteiger partial charge in [-0.3, -0.25) is 0 Å². The van der Waals surface area contributed by atoms with Crippen LogP contribution in [-0.4, -0.2) is 68.6 Å². The van der Waals surface area contributed by atoms with E-state index in [0.29, 0.717) is 26.4 Å². The number of hydrogen-bond acceptors (Lipinski definition) is 6. The molecule has 1 N–H and O–H groups in total. The van der Waals surface area contributed by atoms with Crippen molar-refractivity contribution < 1.29 is 27.5 Å². The lowest BCUT2D eigenvalue weighted by atomic mass is 10.4. The SMILES string of the molecule is CC(COCCC[Si](C)(O[Si](C)(C)C)O[Si](C)(C)C)OCCOC(C)(C)O. The van der Waals surface area contributed by atoms with Crippen LogP contribution in [0.5, 0.6) is 0 Å². The summed E-state index contributed by atoms with van der Waals surface area (Å²) in [5.74, 6) is -1.12. The molecule has 0 aromatic rings. The predicted molar refractivity (Wildman–Crippen MR) is 118 cm³/mol. The zero-order valence-electron chi connectivity index (χ0n) is 19.3. The van der Waals surface area contributed by atoms with Crippen LogP contribution < -0.4 is 0 Å². The molecule has 164 valence electrons. The van der Waals surface area contributed by atoms with E-state index < -0.39 is 31.0 Å². The third-order valence-electron chi connectivity index (χ3n) is 3.26. The fourth-order valence-electron chi connectivity index (χ4n) is 2.75. The molecule has 1 unspecified atom stereocenters. The Balaban J connectivity index is 4.12. The van der Waals surface area contributed by atoms with E-state index in [4.69, 9.17) is 22.4 Å². The molecule has 0 fully saturated rings. The van der Waals surface area contributed by atoms with Gasteiger partial charge in [0.2, 0.25) is 0 Å². The number of aliphatic hydroxyl groups is 1. The Morgan fingerprint density at radius 2 is 1.37 bits per heavy atom. The van der Waals surface area contributed by atoms with Crippen LogP contribution in [0.15, 0.2) is 0 Å². The Kier molecular flexibility index (Phi) is 11.7. The van der Waals surface area contributed by atoms with Crippen molar-refractivity contribution in [3.05, 3.63) is 0 Å². The molecule has 0 aliphatic heterocycles. The summed E-state index contributed by atoms with van der Waals surface area (Å²) >= 11 is 0. The summed E-state index contributed by atoms with van der Waals surface area (Å²) in [6, 6.07) is 0.955. The Morgan fingerprint density at radius 1 is 0.852 bits per heavy atom. The van der Waals surface area contributed by atoms with E-state index >= 15 is 0 Å². The lowest BCUT2D eigenvalue weighted by Gasteiger charge is -2.38. The van der Waals surface area contributed by atoms with Crippen LogP contribution in [-0.2, 0) is 22.4 Å². The lowest BCUT2D eigenvalue weighted by molar-refractivity contribution is -0.186. The highest BCUT2D eigenvalue weighted by Gasteiger charge is 2.39. The molecule has 0 spiro atoms. The Hall–Kier alpha value is 0.411. The average molecular weight is 441 g/mol. The van der Waals surface area contributed by atoms with Gasteiger partial charge in [0.1, 0.15) is 0 Å². The van der Waals surface area contributed by atoms with E-state index in [-0.39, 0.29) is 6.10 Å². The first-order chi connectivity index (χ1) is 12.0. The zero-order chi connectivity index (χ0) is 21.4. The maximum absolute atomic E-state index is 9.48. The van der Waals surface area contributed by atoms with E-state index in [1.165, 1.54) is 0 Å². The molecule has 0 bridgehead atoms. The first-order valence-corrected chi connectivity index (χ1v) is 19.3. The zero-order valence-corrected chi connectivity index (χ0v) is 22.3. The molecule has 0 aliphatic carbocycles. The van der Waals surface area contributed by atoms with Crippen LogP contribution in [0.2, 0.25) is 51.9 Å². The van der Waals surface area contributed by atoms with Gasteiger partial charge in [0, 0.05) is 6.61 Å². The van der Waals surface area contributed by atoms with Crippen molar-refractivity contribution in [1.29, 1.82) is 0 Å². The second-order valence-corrected chi connectivity index (χ2v) is 22.6. The minimum absolute atomic E-state index is 0.00417. The molecule has 0 radical (unpaired) electrons. The number of hydrogen-bond donors (Lipinski definition) is 1. The van der Waals surface area contributed by atoms with Crippen molar-refractivity contribution in [2.75, 3.05) is 26.4 Å². The van der Waals surface area contributed by atoms with Gasteiger partial charge in [-0.15, -0.1) is 0 Å². The van der Waals surface area contributed by atoms with E-state index in [1.54, 1.807) is 13.8 Å². The molecule has 0 aliphatic rings. The Morgan fingerprint density at radius 3 is 1.81 bits per heavy atom. The van der Waals surface area contributed by atoms with E-state index in [1.807, 2.05) is 6.92 Å². The summed E-state index contributed by atoms with van der Waals surface area (Å²) in [7, 11) is -5.45. The third kappa shape index (κ3) is 18.2. The van der Waals surface area contributed by atoms with Gasteiger partial charge in [-0.2, -0.15) is 0 Å². The highest BCUT2D eigenvalue weighted by molar-refractivity contribution is 6.87. The van der Waals surface area contributed by atoms with Gasteiger partial charge in [-0.25, -0.2) is 0 Å². The number of rotatable bonds is 15. The van der Waals surface area contributed by atoms with Crippen LogP contribution in [0, 0.1) is 0 Å². The molecule has 0 aromatic heterocycles. The van der Waals surface area contributed by atoms with Crippen molar-refractivity contribution in [3.63, 3.8) is 0 Å². The predicted octanol–water partition coefficient (Wildman–Crippen LogP) is 4.32. The van der Waals surface area contributed by atoms with Crippen LogP contribution in [0.25, 0.3) is 0 Å². The molecule has 0 amide bonds. The molecule has 0 saturated carbocycles. The van der Waals surface area contributed by atoms with E-state index in [9.17, 15) is 5.11 Å². The molecule has 9 heteroatoms. The van der Waals surface area contributed by atoms with Crippen molar-refractivity contribution in [2.24, 2.45) is 0 Å². The summed E-state index contributed by atoms with van der Waals surface area (Å²) in [6.45, 7) is 22.8. The Bertz CT molecular complexity index is 385. The summed E-state index contributed by atoms with van der Waals surface area (Å²) in [6.07, 6.45) is 0.933. The van der Waals surface area contributed by atoms with Gasteiger partial charge in [0.05, 0.1) is 25.9 Å². The van der Waals surface area contributed by atoms with Gasteiger partial charge in [0.25, 0.3) is 0 Å². The van der Waals surface area contributed by atoms with Gasteiger partial charge in [-0.1, -0.05) is 0 Å². The summed E-state index contributed by atoms with van der Waals surface area (Å²) in [4.78, 5) is 0. The van der Waals surface area contributed by atoms with Crippen LogP contribution in [0.1, 0.15) is 27.2 Å². The van der Waals surface area contributed by atoms with Gasteiger partial charge in [-0.05, 0) is 79.1 Å². The Labute approximate surface area is 170 Å². The van der Waals surface area contributed by atoms with Crippen LogP contribution >= 0.6 is 0 Å². The van der Waals surface area contributed by atoms with Crippen molar-refractivity contribution in [1.82, 2.24) is 0 Å². The summed E-state index contributed by atoms with van der Waals surface area (Å²) in [5, 5.41) is 9.48. The lowest BCUT2D eigenvalue weighted by Crippen LogP contribution is -2.52. The second kappa shape index (κ2) is 11.6. The summed E-state index contributed by atoms with van der Waals surface area (Å²) < 4.78 is 29.6. The van der Waals surface area contributed by atoms with Gasteiger partial charge < -0.3 is 27.5 Å². The minimum Gasteiger partial charge on any atom is -0.437 e. The highest BCUT2D eigenvalue weighted by atomic mass is 28.5. The molecule has 0 rings (SSSR count). The molecule has 0 heterocycles. The first kappa shape index (κ1) is 27.4. The molecular formula is C18H44O6Si3. The topological polar surface area (TPSA) is 66.4 Å². The molecular weight excluding hydrogens is 396 g/mol. The van der Waals surface area contributed by atoms with Gasteiger partial charge >= 0.3 is 8.56 Å². The van der Waals surface area contributed by atoms with Crippen LogP contribution in [0.3, 0.4) is 0 Å². The van der Waals surface area contributed by atoms with E-state index in [2.05, 4.69) is 45.8 Å². The quantitative estimate of drug-likeness (QED) is 0.232.